The van der Waals surface area contributed by atoms with Crippen LogP contribution in [-0.4, -0.2) is 40.4 Å². The first kappa shape index (κ1) is 6.46. The maximum absolute atomic E-state index is 4.08. The average Bonchev–Trinajstić information content (AvgIpc) is 1.77. The fourth-order valence-corrected chi connectivity index (χ4v) is 0.565. The molecular weight excluding hydrogens is 87.9 g/mol. The van der Waals surface area contributed by atoms with Crippen molar-refractivity contribution in [3.05, 3.63) is 18.3 Å². The zero-order valence-corrected chi connectivity index (χ0v) is 5.18. The molecule has 1 aromatic rings. The Labute approximate surface area is 67.3 Å². The Morgan fingerprint density at radius 1 is 1.38 bits per heavy atom. The van der Waals surface area contributed by atoms with Gasteiger partial charge in [-0.2, -0.15) is 0 Å². The predicted octanol–water partition coefficient (Wildman–Crippen LogP) is -1.33. The van der Waals surface area contributed by atoms with E-state index >= 15 is 0 Å². The molecule has 0 saturated heterocycles. The fraction of sp³-hybridized carbons (Fsp3) is 0. The molecule has 1 rings (SSSR count). The van der Waals surface area contributed by atoms with E-state index in [0.717, 1.165) is 4.37 Å². The van der Waals surface area contributed by atoms with Gasteiger partial charge in [0.15, 0.2) is 0 Å². The third-order valence-corrected chi connectivity index (χ3v) is 1.27. The van der Waals surface area contributed by atoms with Crippen LogP contribution in [0.3, 0.4) is 0 Å². The molecule has 0 bridgehead atoms. The van der Waals surface area contributed by atoms with Gasteiger partial charge in [-0.05, 0) is 0 Å². The van der Waals surface area contributed by atoms with Gasteiger partial charge in [0.05, 0.1) is 0 Å². The topological polar surface area (TPSA) is 12.9 Å². The van der Waals surface area contributed by atoms with Crippen molar-refractivity contribution in [1.82, 2.24) is 4.98 Å². The van der Waals surface area contributed by atoms with E-state index < -0.39 is 0 Å². The summed E-state index contributed by atoms with van der Waals surface area (Å²) in [6, 6.07) is 4.00. The summed E-state index contributed by atoms with van der Waals surface area (Å²) in [5, 5.41) is 0. The van der Waals surface area contributed by atoms with Gasteiger partial charge in [0.25, 0.3) is 0 Å². The van der Waals surface area contributed by atoms with E-state index in [-0.39, 0.29) is 0 Å². The molecule has 0 N–H and O–H groups in total. The second kappa shape index (κ2) is 2.76. The summed E-state index contributed by atoms with van der Waals surface area (Å²) < 4.78 is 2.38. The summed E-state index contributed by atoms with van der Waals surface area (Å²) in [5.41, 5.74) is 0. The van der Waals surface area contributed by atoms with Gasteiger partial charge in [-0.3, -0.25) is 0 Å². The van der Waals surface area contributed by atoms with Gasteiger partial charge in [-0.15, -0.1) is 0 Å². The second-order valence-corrected chi connectivity index (χ2v) is 1.91. The average molecular weight is 91.0 g/mol. The molecule has 0 spiro atoms. The van der Waals surface area contributed by atoms with Gasteiger partial charge in [0, 0.05) is 0 Å². The number of hydrogen-bond donors (Lipinski definition) is 0. The standard InChI is InChI=1S/C5H3N.2Li/c1-2-4-6-5-3-1;;/h1-2,4H;;. The summed E-state index contributed by atoms with van der Waals surface area (Å²) in [6.07, 6.45) is 1.81. The van der Waals surface area contributed by atoms with Crippen molar-refractivity contribution < 1.29 is 0 Å². The molecule has 8 heavy (non-hydrogen) atoms. The van der Waals surface area contributed by atoms with E-state index in [1.807, 2.05) is 30.0 Å². The monoisotopic (exact) mass is 91.1 g/mol. The third-order valence-electron chi connectivity index (χ3n) is 1.27. The van der Waals surface area contributed by atoms with Crippen molar-refractivity contribution in [1.29, 1.82) is 0 Å². The maximum atomic E-state index is 4.08. The molecule has 0 aromatic carbocycles. The van der Waals surface area contributed by atoms with E-state index in [2.05, 4.69) is 28.8 Å². The van der Waals surface area contributed by atoms with Gasteiger partial charge in [-0.1, -0.05) is 0 Å². The molecule has 1 nitrogen and oxygen atoms in total. The molecule has 0 aliphatic carbocycles. The van der Waals surface area contributed by atoms with Crippen LogP contribution in [0.15, 0.2) is 18.3 Å². The van der Waals surface area contributed by atoms with E-state index in [9.17, 15) is 0 Å². The van der Waals surface area contributed by atoms with E-state index in [1.54, 1.807) is 0 Å². The van der Waals surface area contributed by atoms with Crippen LogP contribution in [0.1, 0.15) is 0 Å². The number of rotatable bonds is 0. The van der Waals surface area contributed by atoms with Crippen LogP contribution in [0, 0.1) is 0 Å². The van der Waals surface area contributed by atoms with E-state index in [4.69, 9.17) is 0 Å². The van der Waals surface area contributed by atoms with Crippen molar-refractivity contribution >= 4 is 44.0 Å². The molecule has 0 unspecified atom stereocenters. The Kier molecular flexibility index (Phi) is 2.23. The Hall–Kier alpha value is 0.345. The van der Waals surface area contributed by atoms with Gasteiger partial charge < -0.3 is 0 Å². The zero-order valence-electron chi connectivity index (χ0n) is 5.18. The first-order chi connectivity index (χ1) is 3.80. The van der Waals surface area contributed by atoms with Crippen LogP contribution in [0.5, 0.6) is 0 Å². The first-order valence-corrected chi connectivity index (χ1v) is 2.69. The number of nitrogens with zero attached hydrogens (tertiary/aromatic N) is 1. The van der Waals surface area contributed by atoms with Crippen LogP contribution in [-0.2, 0) is 0 Å². The third kappa shape index (κ3) is 1.41. The molecule has 0 atom stereocenters. The Balaban J connectivity index is 3.13. The molecule has 0 aliphatic heterocycles. The van der Waals surface area contributed by atoms with Crippen LogP contribution in [0.2, 0.25) is 0 Å². The van der Waals surface area contributed by atoms with E-state index in [0.29, 0.717) is 0 Å². The summed E-state index contributed by atoms with van der Waals surface area (Å²) in [5.74, 6) is 0. The first-order valence-electron chi connectivity index (χ1n) is 2.69. The minimum absolute atomic E-state index is 1.12. The van der Waals surface area contributed by atoms with Crippen LogP contribution < -0.4 is 8.60 Å². The van der Waals surface area contributed by atoms with Crippen LogP contribution in [0.4, 0.5) is 0 Å². The molecule has 1 heterocycles. The fourth-order valence-electron chi connectivity index (χ4n) is 0.565. The predicted molar refractivity (Wildman–Crippen MR) is 35.0 cm³/mol. The Morgan fingerprint density at radius 3 is 2.50 bits per heavy atom. The molecule has 0 aliphatic rings. The summed E-state index contributed by atoms with van der Waals surface area (Å²) in [4.78, 5) is 4.08. The molecule has 0 amide bonds. The molecule has 1 aromatic heterocycles. The van der Waals surface area contributed by atoms with Gasteiger partial charge >= 0.3 is 67.3 Å². The number of pyridine rings is 1. The normalized spacial score (nSPS) is 9.50. The van der Waals surface area contributed by atoms with Crippen LogP contribution in [0.25, 0.3) is 0 Å². The quantitative estimate of drug-likeness (QED) is 0.360. The van der Waals surface area contributed by atoms with Crippen LogP contribution >= 0.6 is 0 Å². The molecule has 0 radical (unpaired) electrons. The van der Waals surface area contributed by atoms with E-state index in [1.165, 1.54) is 4.24 Å². The molecule has 30 valence electrons. The Morgan fingerprint density at radius 2 is 2.12 bits per heavy atom. The minimum atomic E-state index is 1.12. The summed E-state index contributed by atoms with van der Waals surface area (Å²) in [7, 11) is 0. The summed E-state index contributed by atoms with van der Waals surface area (Å²) >= 11 is 4.07. The molecule has 3 heteroatoms. The van der Waals surface area contributed by atoms with Gasteiger partial charge in [-0.25, -0.2) is 0 Å². The van der Waals surface area contributed by atoms with Gasteiger partial charge in [0.1, 0.15) is 0 Å². The van der Waals surface area contributed by atoms with Crippen molar-refractivity contribution in [2.75, 3.05) is 0 Å². The molecule has 0 fully saturated rings. The molecular formula is C5H3Li2N. The van der Waals surface area contributed by atoms with Gasteiger partial charge in [0.2, 0.25) is 0 Å². The van der Waals surface area contributed by atoms with Crippen molar-refractivity contribution in [3.8, 4) is 0 Å². The SMILES string of the molecule is [Li][c]1cccn[c]1[Li]. The number of hydrogen-bond acceptors (Lipinski definition) is 1. The van der Waals surface area contributed by atoms with Crippen molar-refractivity contribution in [2.45, 2.75) is 0 Å². The number of aromatic nitrogens is 1. The summed E-state index contributed by atoms with van der Waals surface area (Å²) in [6.45, 7) is 0. The zero-order chi connectivity index (χ0) is 5.98. The van der Waals surface area contributed by atoms with Crippen molar-refractivity contribution in [2.24, 2.45) is 0 Å². The Bertz CT molecular complexity index is 167. The van der Waals surface area contributed by atoms with Crippen molar-refractivity contribution in [3.63, 3.8) is 0 Å². The molecule has 0 saturated carbocycles. The second-order valence-electron chi connectivity index (χ2n) is 1.91.